The molecule has 0 aliphatic heterocycles. The van der Waals surface area contributed by atoms with Gasteiger partial charge in [-0.05, 0) is 18.2 Å². The molecular weight excluding hydrogens is 306 g/mol. The zero-order valence-electron chi connectivity index (χ0n) is 9.88. The predicted molar refractivity (Wildman–Crippen MR) is 77.3 cm³/mol. The van der Waals surface area contributed by atoms with Crippen LogP contribution >= 0.6 is 15.9 Å². The van der Waals surface area contributed by atoms with E-state index in [1.54, 1.807) is 18.5 Å². The Balaban J connectivity index is 2.15. The van der Waals surface area contributed by atoms with E-state index < -0.39 is 0 Å². The summed E-state index contributed by atoms with van der Waals surface area (Å²) in [7, 11) is 0. The standard InChI is InChI=1S/C14H10BrN3O/c15-12-6-2-1-5-10(12)11-9-17-18(14(11)19)13-7-3-4-8-16-13/h1-9,17H. The molecule has 0 fully saturated rings. The van der Waals surface area contributed by atoms with Crippen LogP contribution in [0.15, 0.2) is 64.1 Å². The first-order chi connectivity index (χ1) is 9.27. The molecule has 4 nitrogen and oxygen atoms in total. The fraction of sp³-hybridized carbons (Fsp3) is 0. The summed E-state index contributed by atoms with van der Waals surface area (Å²) in [6.45, 7) is 0. The second-order valence-electron chi connectivity index (χ2n) is 4.00. The molecule has 0 atom stereocenters. The van der Waals surface area contributed by atoms with Crippen LogP contribution in [0.3, 0.4) is 0 Å². The SMILES string of the molecule is O=c1c(-c2ccccc2Br)c[nH]n1-c1ccccn1. The minimum Gasteiger partial charge on any atom is -0.296 e. The van der Waals surface area contributed by atoms with Gasteiger partial charge in [0.1, 0.15) is 0 Å². The number of pyridine rings is 1. The number of H-pyrrole nitrogens is 1. The van der Waals surface area contributed by atoms with Crippen LogP contribution in [0.5, 0.6) is 0 Å². The lowest BCUT2D eigenvalue weighted by Gasteiger charge is -2.00. The first kappa shape index (κ1) is 11.9. The van der Waals surface area contributed by atoms with Crippen molar-refractivity contribution in [3.8, 4) is 16.9 Å². The van der Waals surface area contributed by atoms with Crippen molar-refractivity contribution in [2.45, 2.75) is 0 Å². The van der Waals surface area contributed by atoms with E-state index in [2.05, 4.69) is 26.0 Å². The predicted octanol–water partition coefficient (Wildman–Crippen LogP) is 2.99. The van der Waals surface area contributed by atoms with Crippen LogP contribution in [-0.4, -0.2) is 14.8 Å². The molecule has 3 rings (SSSR count). The average molecular weight is 316 g/mol. The molecule has 3 aromatic rings. The quantitative estimate of drug-likeness (QED) is 0.790. The van der Waals surface area contributed by atoms with Gasteiger partial charge < -0.3 is 0 Å². The molecule has 0 amide bonds. The van der Waals surface area contributed by atoms with Crippen LogP contribution in [0.2, 0.25) is 0 Å². The van der Waals surface area contributed by atoms with Gasteiger partial charge in [0.25, 0.3) is 5.56 Å². The van der Waals surface area contributed by atoms with Crippen molar-refractivity contribution in [2.75, 3.05) is 0 Å². The van der Waals surface area contributed by atoms with Gasteiger partial charge in [-0.15, -0.1) is 0 Å². The van der Waals surface area contributed by atoms with Crippen molar-refractivity contribution in [1.82, 2.24) is 14.8 Å². The summed E-state index contributed by atoms with van der Waals surface area (Å²) in [5, 5.41) is 2.94. The van der Waals surface area contributed by atoms with Gasteiger partial charge in [0, 0.05) is 22.4 Å². The van der Waals surface area contributed by atoms with E-state index in [1.165, 1.54) is 4.68 Å². The Morgan fingerprint density at radius 3 is 2.58 bits per heavy atom. The van der Waals surface area contributed by atoms with E-state index in [4.69, 9.17) is 0 Å². The molecular formula is C14H10BrN3O. The van der Waals surface area contributed by atoms with Gasteiger partial charge >= 0.3 is 0 Å². The molecule has 0 aliphatic rings. The van der Waals surface area contributed by atoms with Crippen LogP contribution in [-0.2, 0) is 0 Å². The van der Waals surface area contributed by atoms with Crippen molar-refractivity contribution in [3.63, 3.8) is 0 Å². The van der Waals surface area contributed by atoms with E-state index >= 15 is 0 Å². The number of hydrogen-bond acceptors (Lipinski definition) is 2. The molecule has 0 saturated carbocycles. The minimum atomic E-state index is -0.120. The number of aromatic nitrogens is 3. The van der Waals surface area contributed by atoms with E-state index in [0.717, 1.165) is 10.0 Å². The monoisotopic (exact) mass is 315 g/mol. The maximum absolute atomic E-state index is 12.4. The topological polar surface area (TPSA) is 50.7 Å². The summed E-state index contributed by atoms with van der Waals surface area (Å²) in [4.78, 5) is 16.6. The Hall–Kier alpha value is -2.14. The number of hydrogen-bond donors (Lipinski definition) is 1. The summed E-state index contributed by atoms with van der Waals surface area (Å²) in [6, 6.07) is 13.1. The lowest BCUT2D eigenvalue weighted by molar-refractivity contribution is 0.819. The Morgan fingerprint density at radius 2 is 1.84 bits per heavy atom. The summed E-state index contributed by atoms with van der Waals surface area (Å²) in [5.41, 5.74) is 1.35. The number of rotatable bonds is 2. The van der Waals surface area contributed by atoms with E-state index in [1.807, 2.05) is 36.4 Å². The highest BCUT2D eigenvalue weighted by Crippen LogP contribution is 2.25. The number of benzene rings is 1. The molecule has 19 heavy (non-hydrogen) atoms. The highest BCUT2D eigenvalue weighted by Gasteiger charge is 2.12. The van der Waals surface area contributed by atoms with Crippen molar-refractivity contribution < 1.29 is 0 Å². The molecule has 0 aliphatic carbocycles. The van der Waals surface area contributed by atoms with Crippen molar-refractivity contribution in [1.29, 1.82) is 0 Å². The fourth-order valence-electron chi connectivity index (χ4n) is 1.90. The third-order valence-corrected chi connectivity index (χ3v) is 3.51. The molecule has 1 N–H and O–H groups in total. The zero-order valence-corrected chi connectivity index (χ0v) is 11.5. The summed E-state index contributed by atoms with van der Waals surface area (Å²) in [6.07, 6.45) is 3.35. The van der Waals surface area contributed by atoms with Crippen LogP contribution < -0.4 is 5.56 Å². The molecule has 0 bridgehead atoms. The van der Waals surface area contributed by atoms with Crippen molar-refractivity contribution in [3.05, 3.63) is 69.7 Å². The third kappa shape index (κ3) is 2.13. The normalized spacial score (nSPS) is 10.6. The smallest absolute Gasteiger partial charge is 0.280 e. The first-order valence-electron chi connectivity index (χ1n) is 5.74. The first-order valence-corrected chi connectivity index (χ1v) is 6.53. The fourth-order valence-corrected chi connectivity index (χ4v) is 2.40. The van der Waals surface area contributed by atoms with Gasteiger partial charge in [0.15, 0.2) is 5.82 Å². The van der Waals surface area contributed by atoms with Crippen LogP contribution in [0.25, 0.3) is 16.9 Å². The lowest BCUT2D eigenvalue weighted by atomic mass is 10.1. The third-order valence-electron chi connectivity index (χ3n) is 2.81. The van der Waals surface area contributed by atoms with Crippen LogP contribution in [0, 0.1) is 0 Å². The molecule has 0 radical (unpaired) electrons. The van der Waals surface area contributed by atoms with Gasteiger partial charge in [-0.3, -0.25) is 9.89 Å². The number of halogens is 1. The van der Waals surface area contributed by atoms with Gasteiger partial charge in [0.05, 0.1) is 5.56 Å². The zero-order chi connectivity index (χ0) is 13.2. The summed E-state index contributed by atoms with van der Waals surface area (Å²) in [5.74, 6) is 0.575. The Morgan fingerprint density at radius 1 is 1.05 bits per heavy atom. The van der Waals surface area contributed by atoms with Gasteiger partial charge in [-0.2, -0.15) is 0 Å². The van der Waals surface area contributed by atoms with Crippen LogP contribution in [0.1, 0.15) is 0 Å². The Labute approximate surface area is 117 Å². The molecule has 0 saturated heterocycles. The highest BCUT2D eigenvalue weighted by molar-refractivity contribution is 9.10. The maximum Gasteiger partial charge on any atom is 0.280 e. The van der Waals surface area contributed by atoms with Gasteiger partial charge in [-0.25, -0.2) is 9.67 Å². The molecule has 5 heteroatoms. The summed E-state index contributed by atoms with van der Waals surface area (Å²) < 4.78 is 2.31. The Bertz CT molecular complexity index is 762. The van der Waals surface area contributed by atoms with E-state index in [-0.39, 0.29) is 5.56 Å². The lowest BCUT2D eigenvalue weighted by Crippen LogP contribution is -2.16. The van der Waals surface area contributed by atoms with Gasteiger partial charge in [-0.1, -0.05) is 40.2 Å². The maximum atomic E-state index is 12.4. The van der Waals surface area contributed by atoms with E-state index in [9.17, 15) is 4.79 Å². The molecule has 0 unspecified atom stereocenters. The molecule has 1 aromatic carbocycles. The second-order valence-corrected chi connectivity index (χ2v) is 4.85. The largest absolute Gasteiger partial charge is 0.296 e. The number of aromatic amines is 1. The van der Waals surface area contributed by atoms with Crippen molar-refractivity contribution >= 4 is 15.9 Å². The van der Waals surface area contributed by atoms with Crippen LogP contribution in [0.4, 0.5) is 0 Å². The number of nitrogens with zero attached hydrogens (tertiary/aromatic N) is 2. The highest BCUT2D eigenvalue weighted by atomic mass is 79.9. The molecule has 2 aromatic heterocycles. The van der Waals surface area contributed by atoms with E-state index in [0.29, 0.717) is 11.4 Å². The molecule has 94 valence electrons. The molecule has 2 heterocycles. The minimum absolute atomic E-state index is 0.120. The van der Waals surface area contributed by atoms with Gasteiger partial charge in [0.2, 0.25) is 0 Å². The summed E-state index contributed by atoms with van der Waals surface area (Å²) >= 11 is 3.45. The molecule has 0 spiro atoms. The second kappa shape index (κ2) is 4.85. The van der Waals surface area contributed by atoms with Crippen molar-refractivity contribution in [2.24, 2.45) is 0 Å². The average Bonchev–Trinajstić information content (AvgIpc) is 2.82. The number of nitrogens with one attached hydrogen (secondary N) is 1. The Kier molecular flexibility index (Phi) is 3.05.